The van der Waals surface area contributed by atoms with Crippen LogP contribution in [0.4, 0.5) is 0 Å². The van der Waals surface area contributed by atoms with E-state index in [0.29, 0.717) is 19.4 Å². The Balaban J connectivity index is 4.26. The fourth-order valence-corrected chi connectivity index (χ4v) is 7.65. The number of esters is 2. The molecule has 1 atom stereocenters. The van der Waals surface area contributed by atoms with Crippen molar-refractivity contribution in [3.8, 4) is 0 Å². The number of ether oxygens (including phenoxy) is 3. The first-order valence-electron chi connectivity index (χ1n) is 26.5. The molecule has 0 fully saturated rings. The minimum absolute atomic E-state index is 0.0825. The summed E-state index contributed by atoms with van der Waals surface area (Å²) >= 11 is 0. The normalized spacial score (nSPS) is 12.4. The van der Waals surface area contributed by atoms with Crippen molar-refractivity contribution in [1.29, 1.82) is 0 Å². The molecule has 0 spiro atoms. The second-order valence-corrected chi connectivity index (χ2v) is 17.8. The van der Waals surface area contributed by atoms with Gasteiger partial charge in [-0.3, -0.25) is 9.59 Å². The van der Waals surface area contributed by atoms with Crippen molar-refractivity contribution in [2.24, 2.45) is 0 Å². The summed E-state index contributed by atoms with van der Waals surface area (Å²) in [6.07, 6.45) is 61.5. The van der Waals surface area contributed by atoms with Gasteiger partial charge in [0.1, 0.15) is 6.61 Å². The van der Waals surface area contributed by atoms with Gasteiger partial charge in [-0.2, -0.15) is 0 Å². The molecular weight excluding hydrogens is 741 g/mol. The SMILES string of the molecule is CCCCC/C=C\C/C=C\CCCCCCCCOCC(COC(=O)CCCCCCCCCCCCCCCCC)OC(=O)CCCCCCC/C=C\CCCCCC. The zero-order chi connectivity index (χ0) is 43.5. The van der Waals surface area contributed by atoms with E-state index in [9.17, 15) is 9.59 Å². The number of hydrogen-bond donors (Lipinski definition) is 0. The van der Waals surface area contributed by atoms with Crippen molar-refractivity contribution in [1.82, 2.24) is 0 Å². The maximum absolute atomic E-state index is 12.8. The van der Waals surface area contributed by atoms with Gasteiger partial charge in [0.2, 0.25) is 0 Å². The van der Waals surface area contributed by atoms with E-state index in [2.05, 4.69) is 57.2 Å². The summed E-state index contributed by atoms with van der Waals surface area (Å²) in [5.41, 5.74) is 0. The van der Waals surface area contributed by atoms with Crippen molar-refractivity contribution in [3.05, 3.63) is 36.5 Å². The lowest BCUT2D eigenvalue weighted by Gasteiger charge is -2.18. The predicted molar refractivity (Wildman–Crippen MR) is 261 cm³/mol. The van der Waals surface area contributed by atoms with Gasteiger partial charge < -0.3 is 14.2 Å². The third-order valence-corrected chi connectivity index (χ3v) is 11.6. The molecule has 0 aliphatic carbocycles. The molecule has 0 amide bonds. The third kappa shape index (κ3) is 48.8. The van der Waals surface area contributed by atoms with E-state index in [1.165, 1.54) is 186 Å². The van der Waals surface area contributed by atoms with E-state index in [4.69, 9.17) is 14.2 Å². The lowest BCUT2D eigenvalue weighted by molar-refractivity contribution is -0.163. The molecule has 5 nitrogen and oxygen atoms in total. The van der Waals surface area contributed by atoms with Crippen LogP contribution < -0.4 is 0 Å². The summed E-state index contributed by atoms with van der Waals surface area (Å²) in [4.78, 5) is 25.4. The highest BCUT2D eigenvalue weighted by molar-refractivity contribution is 5.70. The van der Waals surface area contributed by atoms with E-state index in [-0.39, 0.29) is 25.2 Å². The fourth-order valence-electron chi connectivity index (χ4n) is 7.65. The van der Waals surface area contributed by atoms with Crippen LogP contribution in [-0.2, 0) is 23.8 Å². The smallest absolute Gasteiger partial charge is 0.306 e. The van der Waals surface area contributed by atoms with E-state index in [1.807, 2.05) is 0 Å². The number of unbranched alkanes of at least 4 members (excludes halogenated alkanes) is 32. The number of rotatable bonds is 49. The molecule has 0 N–H and O–H groups in total. The molecule has 0 heterocycles. The van der Waals surface area contributed by atoms with Crippen molar-refractivity contribution < 1.29 is 23.8 Å². The Hall–Kier alpha value is -1.88. The summed E-state index contributed by atoms with van der Waals surface area (Å²) in [5, 5.41) is 0. The van der Waals surface area contributed by atoms with Crippen molar-refractivity contribution in [2.75, 3.05) is 19.8 Å². The fraction of sp³-hybridized carbons (Fsp3) is 0.855. The van der Waals surface area contributed by atoms with Crippen LogP contribution in [0.3, 0.4) is 0 Å². The molecule has 0 bridgehead atoms. The summed E-state index contributed by atoms with van der Waals surface area (Å²) in [5.74, 6) is -0.399. The first-order chi connectivity index (χ1) is 29.6. The molecule has 0 aliphatic rings. The van der Waals surface area contributed by atoms with E-state index in [0.717, 1.165) is 57.8 Å². The Morgan fingerprint density at radius 3 is 1.17 bits per heavy atom. The third-order valence-electron chi connectivity index (χ3n) is 11.6. The van der Waals surface area contributed by atoms with Crippen molar-refractivity contribution in [2.45, 2.75) is 284 Å². The van der Waals surface area contributed by atoms with Crippen LogP contribution in [-0.4, -0.2) is 37.9 Å². The zero-order valence-electron chi connectivity index (χ0n) is 40.5. The standard InChI is InChI=1S/C55H102O5/c1-4-7-10-13-16-19-22-25-27-29-32-35-38-41-44-47-50-58-51-53(60-55(57)49-46-43-40-37-34-30-24-21-18-15-12-9-6-3)52-59-54(56)48-45-42-39-36-33-31-28-26-23-20-17-14-11-8-5-2/h16,19,21,24-25,27,53H,4-15,17-18,20,22-23,26,28-52H2,1-3H3/b19-16-,24-21-,27-25-. The predicted octanol–water partition coefficient (Wildman–Crippen LogP) is 17.8. The molecule has 1 unspecified atom stereocenters. The average Bonchev–Trinajstić information content (AvgIpc) is 3.25. The van der Waals surface area contributed by atoms with E-state index >= 15 is 0 Å². The van der Waals surface area contributed by atoms with Gasteiger partial charge in [-0.05, 0) is 77.0 Å². The van der Waals surface area contributed by atoms with Gasteiger partial charge in [-0.1, -0.05) is 224 Å². The minimum Gasteiger partial charge on any atom is -0.462 e. The quantitative estimate of drug-likeness (QED) is 0.0347. The number of allylic oxidation sites excluding steroid dienone is 6. The maximum Gasteiger partial charge on any atom is 0.306 e. The van der Waals surface area contributed by atoms with Crippen molar-refractivity contribution >= 4 is 11.9 Å². The molecule has 0 rings (SSSR count). The van der Waals surface area contributed by atoms with Crippen LogP contribution in [0.15, 0.2) is 36.5 Å². The van der Waals surface area contributed by atoms with Gasteiger partial charge in [-0.25, -0.2) is 0 Å². The zero-order valence-corrected chi connectivity index (χ0v) is 40.5. The first-order valence-corrected chi connectivity index (χ1v) is 26.5. The van der Waals surface area contributed by atoms with Crippen molar-refractivity contribution in [3.63, 3.8) is 0 Å². The van der Waals surface area contributed by atoms with Gasteiger partial charge in [-0.15, -0.1) is 0 Å². The Morgan fingerprint density at radius 1 is 0.367 bits per heavy atom. The summed E-state index contributed by atoms with van der Waals surface area (Å²) < 4.78 is 17.4. The largest absolute Gasteiger partial charge is 0.462 e. The Morgan fingerprint density at radius 2 is 0.700 bits per heavy atom. The average molecular weight is 843 g/mol. The topological polar surface area (TPSA) is 61.8 Å². The molecule has 0 saturated heterocycles. The van der Waals surface area contributed by atoms with E-state index in [1.54, 1.807) is 0 Å². The number of hydrogen-bond acceptors (Lipinski definition) is 5. The van der Waals surface area contributed by atoms with Gasteiger partial charge in [0.15, 0.2) is 6.10 Å². The van der Waals surface area contributed by atoms with Gasteiger partial charge in [0, 0.05) is 19.4 Å². The summed E-state index contributed by atoms with van der Waals surface area (Å²) in [6, 6.07) is 0. The molecular formula is C55H102O5. The second kappa shape index (κ2) is 51.5. The maximum atomic E-state index is 12.8. The molecule has 5 heteroatoms. The van der Waals surface area contributed by atoms with E-state index < -0.39 is 6.10 Å². The van der Waals surface area contributed by atoms with Crippen LogP contribution >= 0.6 is 0 Å². The molecule has 0 aromatic carbocycles. The highest BCUT2D eigenvalue weighted by Crippen LogP contribution is 2.15. The molecule has 0 saturated carbocycles. The van der Waals surface area contributed by atoms with Crippen LogP contribution in [0.2, 0.25) is 0 Å². The first kappa shape index (κ1) is 58.1. The lowest BCUT2D eigenvalue weighted by atomic mass is 10.0. The number of carbonyl (C=O) groups excluding carboxylic acids is 2. The van der Waals surface area contributed by atoms with Crippen LogP contribution in [0, 0.1) is 0 Å². The Bertz CT molecular complexity index is 955. The van der Waals surface area contributed by atoms with Gasteiger partial charge in [0.25, 0.3) is 0 Å². The van der Waals surface area contributed by atoms with Crippen LogP contribution in [0.1, 0.15) is 278 Å². The molecule has 0 aromatic heterocycles. The van der Waals surface area contributed by atoms with Crippen LogP contribution in [0.5, 0.6) is 0 Å². The molecule has 0 aliphatic heterocycles. The second-order valence-electron chi connectivity index (χ2n) is 17.8. The Labute approximate surface area is 374 Å². The molecule has 60 heavy (non-hydrogen) atoms. The summed E-state index contributed by atoms with van der Waals surface area (Å²) in [6.45, 7) is 7.80. The number of carbonyl (C=O) groups is 2. The van der Waals surface area contributed by atoms with Gasteiger partial charge >= 0.3 is 11.9 Å². The molecule has 0 aromatic rings. The Kier molecular flexibility index (Phi) is 49.9. The molecule has 352 valence electrons. The molecule has 0 radical (unpaired) electrons. The highest BCUT2D eigenvalue weighted by atomic mass is 16.6. The lowest BCUT2D eigenvalue weighted by Crippen LogP contribution is -2.30. The van der Waals surface area contributed by atoms with Gasteiger partial charge in [0.05, 0.1) is 6.61 Å². The monoisotopic (exact) mass is 843 g/mol. The van der Waals surface area contributed by atoms with Crippen LogP contribution in [0.25, 0.3) is 0 Å². The minimum atomic E-state index is -0.541. The summed E-state index contributed by atoms with van der Waals surface area (Å²) in [7, 11) is 0. The highest BCUT2D eigenvalue weighted by Gasteiger charge is 2.17.